The Morgan fingerprint density at radius 1 is 0.722 bits per heavy atom. The molecule has 530 valence electrons. The molecule has 1 saturated carbocycles. The number of hydrogen-bond acceptors (Lipinski definition) is 17. The van der Waals surface area contributed by atoms with Crippen molar-refractivity contribution in [3.63, 3.8) is 0 Å². The largest absolute Gasteiger partial charge is 0.415 e. The zero-order chi connectivity index (χ0) is 70.7. The van der Waals surface area contributed by atoms with Crippen LogP contribution in [0.5, 0.6) is 5.75 Å². The molecule has 0 bridgehead atoms. The predicted octanol–water partition coefficient (Wildman–Crippen LogP) is 8.83. The van der Waals surface area contributed by atoms with Crippen molar-refractivity contribution in [3.8, 4) is 5.75 Å². The summed E-state index contributed by atoms with van der Waals surface area (Å²) in [5.41, 5.74) is 4.16. The summed E-state index contributed by atoms with van der Waals surface area (Å²) in [5.74, 6) is -2.20. The van der Waals surface area contributed by atoms with Crippen molar-refractivity contribution in [1.29, 1.82) is 0 Å². The Morgan fingerprint density at radius 2 is 1.36 bits per heavy atom. The fraction of sp³-hybridized carbons (Fsp3) is 0.569. The molecule has 25 heteroatoms. The van der Waals surface area contributed by atoms with Crippen molar-refractivity contribution in [3.05, 3.63) is 120 Å². The van der Waals surface area contributed by atoms with Crippen LogP contribution in [0.4, 0.5) is 4.79 Å². The first kappa shape index (κ1) is 77.5. The number of amides is 7. The van der Waals surface area contributed by atoms with E-state index in [1.807, 2.05) is 115 Å². The summed E-state index contributed by atoms with van der Waals surface area (Å²) in [5, 5.41) is 8.21. The van der Waals surface area contributed by atoms with Crippen molar-refractivity contribution in [2.45, 2.75) is 170 Å². The third kappa shape index (κ3) is 21.6. The van der Waals surface area contributed by atoms with Crippen LogP contribution in [0.1, 0.15) is 127 Å². The fourth-order valence-electron chi connectivity index (χ4n) is 12.9. The number of nitrogens with zero attached hydrogens (tertiary/aromatic N) is 6. The number of sulfonamides is 1. The molecule has 3 aromatic carbocycles. The fourth-order valence-corrected chi connectivity index (χ4v) is 15.6. The van der Waals surface area contributed by atoms with Crippen LogP contribution in [0, 0.1) is 29.6 Å². The molecule has 3 fully saturated rings. The molecule has 7 rings (SSSR count). The normalized spacial score (nSPS) is 17.7. The van der Waals surface area contributed by atoms with Crippen molar-refractivity contribution >= 4 is 86.1 Å². The summed E-state index contributed by atoms with van der Waals surface area (Å²) in [7, 11) is 4.30. The van der Waals surface area contributed by atoms with Gasteiger partial charge in [0.2, 0.25) is 33.7 Å². The first-order chi connectivity index (χ1) is 46.3. The van der Waals surface area contributed by atoms with E-state index in [0.717, 1.165) is 21.8 Å². The third-order valence-electron chi connectivity index (χ3n) is 18.7. The molecule has 1 aromatic heterocycles. The van der Waals surface area contributed by atoms with Gasteiger partial charge in [0.1, 0.15) is 17.8 Å². The van der Waals surface area contributed by atoms with E-state index in [1.165, 1.54) is 14.2 Å². The molecular weight excluding hydrogens is 1290 g/mol. The molecule has 4 N–H and O–H groups in total. The molecule has 97 heavy (non-hydrogen) atoms. The van der Waals surface area contributed by atoms with Crippen molar-refractivity contribution in [2.75, 3.05) is 67.8 Å². The first-order valence-electron chi connectivity index (χ1n) is 33.9. The number of hydrogen-bond donors (Lipinski definition) is 4. The van der Waals surface area contributed by atoms with E-state index in [1.54, 1.807) is 88.6 Å². The Kier molecular flexibility index (Phi) is 29.4. The van der Waals surface area contributed by atoms with Crippen LogP contribution in [-0.4, -0.2) is 195 Å². The summed E-state index contributed by atoms with van der Waals surface area (Å²) in [6, 6.07) is 26.1. The van der Waals surface area contributed by atoms with Crippen LogP contribution in [0.2, 0.25) is 0 Å². The van der Waals surface area contributed by atoms with Gasteiger partial charge in [-0.05, 0) is 131 Å². The van der Waals surface area contributed by atoms with Crippen LogP contribution in [-0.2, 0) is 61.4 Å². The van der Waals surface area contributed by atoms with Crippen LogP contribution >= 0.6 is 23.5 Å². The van der Waals surface area contributed by atoms with Gasteiger partial charge in [0, 0.05) is 75.8 Å². The number of nitrogens with one attached hydrogen (secondary N) is 4. The van der Waals surface area contributed by atoms with Gasteiger partial charge in [0.05, 0.1) is 70.3 Å². The average Bonchev–Trinajstić information content (AvgIpc) is 1.78. The Labute approximate surface area is 582 Å². The standard InChI is InChI=1S/C72H102N10O12S3/c1-14-47(6)65(80(10)71(88)63(45(2)3)77-70(87)64(46(4)5)79(8)9)61(92-11)41-62(83)82-36-22-25-60(82)66(93-12)48(7)67(84)76-57(69(86)78-97(90,91)54-31-32-54)39-49-26-29-52(30-27-49)94-72(89)81-37-34-50(35-38-81)42-73-68(85)51-28-33-55-56(40-51)75-59(58(74-55)43-95-13)44-96-53-23-20-18-16-15-17-19-21-24-53/h15-21,23-24,26-30,33,40,45-48,50,54,57,60-61,63-66H,14,22,25,31-32,34-39,41-44H2,1-13H3,(H,73,85)(H,76,84)(H,77,87)(H,78,86)/t47-,48+,57-,60-,61+,63-,64-,65-,66+/m0/s1. The Hall–Kier alpha value is -6.90. The molecule has 2 aliphatic heterocycles. The van der Waals surface area contributed by atoms with E-state index in [2.05, 4.69) is 32.8 Å². The molecule has 7 amide bonds. The van der Waals surface area contributed by atoms with Gasteiger partial charge in [-0.15, -0.1) is 11.8 Å². The first-order valence-corrected chi connectivity index (χ1v) is 37.8. The zero-order valence-electron chi connectivity index (χ0n) is 58.7. The number of carbonyl (C=O) groups excluding carboxylic acids is 7. The number of likely N-dealkylation sites (tertiary alicyclic amines) is 2. The van der Waals surface area contributed by atoms with Gasteiger partial charge in [-0.25, -0.2) is 23.2 Å². The number of methoxy groups -OCH3 is 2. The van der Waals surface area contributed by atoms with Gasteiger partial charge in [-0.3, -0.25) is 38.4 Å². The molecular formula is C72H102N10O12S3. The molecule has 2 saturated heterocycles. The second kappa shape index (κ2) is 36.8. The smallest absolute Gasteiger partial charge is 0.410 e. The minimum absolute atomic E-state index is 0.0101. The monoisotopic (exact) mass is 1390 g/mol. The Bertz CT molecular complexity index is 3480. The van der Waals surface area contributed by atoms with Crippen molar-refractivity contribution in [1.82, 2.24) is 50.2 Å². The number of thioether (sulfide) groups is 2. The highest BCUT2D eigenvalue weighted by molar-refractivity contribution is 7.98. The highest BCUT2D eigenvalue weighted by Gasteiger charge is 2.45. The van der Waals surface area contributed by atoms with Gasteiger partial charge >= 0.3 is 6.09 Å². The lowest BCUT2D eigenvalue weighted by Gasteiger charge is -2.41. The maximum Gasteiger partial charge on any atom is 0.415 e. The number of benzene rings is 2. The molecule has 0 radical (unpaired) electrons. The summed E-state index contributed by atoms with van der Waals surface area (Å²) >= 11 is 3.36. The van der Waals surface area contributed by atoms with Crippen molar-refractivity contribution < 1.29 is 56.2 Å². The molecule has 22 nitrogen and oxygen atoms in total. The maximum atomic E-state index is 14.6. The summed E-state index contributed by atoms with van der Waals surface area (Å²) in [6.45, 7) is 14.9. The van der Waals surface area contributed by atoms with Crippen LogP contribution < -0.4 is 25.4 Å². The molecule has 4 aromatic rings. The quantitative estimate of drug-likeness (QED) is 0.0333. The molecule has 0 spiro atoms. The van der Waals surface area contributed by atoms with Crippen LogP contribution in [0.15, 0.2) is 102 Å². The number of aromatic nitrogens is 2. The maximum absolute atomic E-state index is 14.6. The van der Waals surface area contributed by atoms with Gasteiger partial charge in [-0.1, -0.05) is 109 Å². The van der Waals surface area contributed by atoms with Gasteiger partial charge in [0.15, 0.2) is 0 Å². The lowest BCUT2D eigenvalue weighted by atomic mass is 9.89. The topological polar surface area (TPSA) is 268 Å². The second-order valence-electron chi connectivity index (χ2n) is 26.7. The molecule has 0 unspecified atom stereocenters. The lowest BCUT2D eigenvalue weighted by molar-refractivity contribution is -0.148. The Morgan fingerprint density at radius 3 is 1.95 bits per heavy atom. The van der Waals surface area contributed by atoms with Gasteiger partial charge < -0.3 is 44.9 Å². The third-order valence-corrected chi connectivity index (χ3v) is 22.1. The van der Waals surface area contributed by atoms with E-state index in [4.69, 9.17) is 24.2 Å². The van der Waals surface area contributed by atoms with Gasteiger partial charge in [-0.2, -0.15) is 11.8 Å². The van der Waals surface area contributed by atoms with Crippen LogP contribution in [0.25, 0.3) is 11.0 Å². The van der Waals surface area contributed by atoms with E-state index in [-0.39, 0.29) is 65.9 Å². The Balaban J connectivity index is 0.939. The minimum atomic E-state index is -4.02. The summed E-state index contributed by atoms with van der Waals surface area (Å²) in [4.78, 5) is 116. The molecule has 3 aliphatic rings. The molecule has 3 heterocycles. The van der Waals surface area contributed by atoms with E-state index < -0.39 is 81.5 Å². The second-order valence-corrected chi connectivity index (χ2v) is 30.6. The number of carbonyl (C=O) groups is 7. The van der Waals surface area contributed by atoms with E-state index in [9.17, 15) is 42.0 Å². The predicted molar refractivity (Wildman–Crippen MR) is 380 cm³/mol. The lowest BCUT2D eigenvalue weighted by Crippen LogP contribution is -2.59. The SMILES string of the molecule is CC[C@H](C)[C@@H]([C@@H](CC(=O)N1CCC[C@H]1[C@H](OC)[C@@H](C)C(=O)N[C@@H](Cc1ccc(OC(=O)N2CCC(CNC(=O)c3ccc4nc(CSC)c(CSc5ccccccccc5)nc4c3)CC2)cc1)C(=O)NS(=O)(=O)C1CC1)OC)N(C)C(=O)[C@@H](NC(=O)[C@H](C(C)C)N(C)C)C(C)C. The van der Waals surface area contributed by atoms with Gasteiger partial charge in [0.25, 0.3) is 11.8 Å². The highest BCUT2D eigenvalue weighted by Crippen LogP contribution is 2.32. The summed E-state index contributed by atoms with van der Waals surface area (Å²) in [6.07, 6.45) is 3.53. The number of fused-ring (bicyclic) bond motifs is 1. The van der Waals surface area contributed by atoms with E-state index >= 15 is 0 Å². The number of piperidine rings is 1. The number of rotatable bonds is 32. The zero-order valence-corrected chi connectivity index (χ0v) is 61.1. The molecule has 9 atom stereocenters. The van der Waals surface area contributed by atoms with Crippen LogP contribution in [0.3, 0.4) is 0 Å². The average molecular weight is 1400 g/mol. The number of ether oxygens (including phenoxy) is 3. The van der Waals surface area contributed by atoms with E-state index in [0.29, 0.717) is 99.3 Å². The molecule has 1 aliphatic carbocycles. The number of likely N-dealkylation sites (N-methyl/N-ethyl adjacent to an activating group) is 2. The minimum Gasteiger partial charge on any atom is -0.410 e. The highest BCUT2D eigenvalue weighted by atomic mass is 32.2. The summed E-state index contributed by atoms with van der Waals surface area (Å²) < 4.78 is 46.4. The van der Waals surface area contributed by atoms with Crippen molar-refractivity contribution in [2.24, 2.45) is 29.6 Å².